The molecule has 0 aliphatic rings. The Kier molecular flexibility index (Phi) is 3.54. The molecule has 0 unspecified atom stereocenters. The molecule has 0 amide bonds. The van der Waals surface area contributed by atoms with Gasteiger partial charge >= 0.3 is 0 Å². The van der Waals surface area contributed by atoms with E-state index in [0.29, 0.717) is 12.1 Å². The van der Waals surface area contributed by atoms with Gasteiger partial charge in [0.05, 0.1) is 11.6 Å². The van der Waals surface area contributed by atoms with E-state index in [4.69, 9.17) is 5.26 Å². The maximum Gasteiger partial charge on any atom is 0.184 e. The molecule has 0 bridgehead atoms. The summed E-state index contributed by atoms with van der Waals surface area (Å²) in [6.07, 6.45) is 0. The monoisotopic (exact) mass is 293 g/mol. The molecule has 2 aromatic rings. The van der Waals surface area contributed by atoms with Gasteiger partial charge in [-0.25, -0.2) is 4.98 Å². The van der Waals surface area contributed by atoms with Crippen LogP contribution in [0.1, 0.15) is 11.1 Å². The number of anilines is 1. The van der Waals surface area contributed by atoms with Crippen LogP contribution in [0.25, 0.3) is 0 Å². The molecule has 1 N–H and O–H groups in total. The highest BCUT2D eigenvalue weighted by Crippen LogP contribution is 2.19. The minimum absolute atomic E-state index is 0.681. The van der Waals surface area contributed by atoms with Crippen LogP contribution in [0, 0.1) is 11.3 Å². The Morgan fingerprint density at radius 3 is 2.69 bits per heavy atom. The Bertz CT molecular complexity index is 513. The first-order chi connectivity index (χ1) is 7.78. The third-order valence-electron chi connectivity index (χ3n) is 2.00. The Morgan fingerprint density at radius 2 is 2.12 bits per heavy atom. The van der Waals surface area contributed by atoms with Gasteiger partial charge in [0, 0.05) is 11.9 Å². The lowest BCUT2D eigenvalue weighted by molar-refractivity contribution is 1.13. The smallest absolute Gasteiger partial charge is 0.184 e. The second kappa shape index (κ2) is 5.10. The SMILES string of the molecule is N#Cc1ccc(CNc2nc(Br)cs2)cc1. The summed E-state index contributed by atoms with van der Waals surface area (Å²) in [6, 6.07) is 9.60. The number of benzene rings is 1. The molecule has 0 fully saturated rings. The number of hydrogen-bond acceptors (Lipinski definition) is 4. The van der Waals surface area contributed by atoms with Crippen molar-refractivity contribution in [3.05, 3.63) is 45.4 Å². The maximum atomic E-state index is 8.66. The Balaban J connectivity index is 1.97. The Morgan fingerprint density at radius 1 is 1.38 bits per heavy atom. The van der Waals surface area contributed by atoms with Gasteiger partial charge in [0.25, 0.3) is 0 Å². The van der Waals surface area contributed by atoms with Crippen LogP contribution in [0.15, 0.2) is 34.2 Å². The van der Waals surface area contributed by atoms with Crippen LogP contribution >= 0.6 is 27.3 Å². The van der Waals surface area contributed by atoms with Gasteiger partial charge < -0.3 is 5.32 Å². The van der Waals surface area contributed by atoms with Gasteiger partial charge in [-0.15, -0.1) is 11.3 Å². The van der Waals surface area contributed by atoms with Crippen LogP contribution in [0.3, 0.4) is 0 Å². The van der Waals surface area contributed by atoms with Crippen molar-refractivity contribution in [1.82, 2.24) is 4.98 Å². The van der Waals surface area contributed by atoms with Crippen molar-refractivity contribution in [2.45, 2.75) is 6.54 Å². The van der Waals surface area contributed by atoms with Crippen LogP contribution in [0.2, 0.25) is 0 Å². The van der Waals surface area contributed by atoms with E-state index in [1.165, 1.54) is 0 Å². The predicted molar refractivity (Wildman–Crippen MR) is 68.3 cm³/mol. The molecule has 0 atom stereocenters. The lowest BCUT2D eigenvalue weighted by Crippen LogP contribution is -1.98. The topological polar surface area (TPSA) is 48.7 Å². The summed E-state index contributed by atoms with van der Waals surface area (Å²) in [4.78, 5) is 4.23. The number of aromatic nitrogens is 1. The van der Waals surface area contributed by atoms with Crippen molar-refractivity contribution in [2.24, 2.45) is 0 Å². The first-order valence-corrected chi connectivity index (χ1v) is 6.29. The molecule has 0 saturated heterocycles. The van der Waals surface area contributed by atoms with E-state index in [0.717, 1.165) is 15.3 Å². The number of hydrogen-bond donors (Lipinski definition) is 1. The van der Waals surface area contributed by atoms with Crippen LogP contribution < -0.4 is 5.32 Å². The molecule has 1 aromatic carbocycles. The van der Waals surface area contributed by atoms with Crippen LogP contribution in [-0.2, 0) is 6.54 Å². The highest BCUT2D eigenvalue weighted by atomic mass is 79.9. The van der Waals surface area contributed by atoms with E-state index >= 15 is 0 Å². The molecule has 0 aliphatic carbocycles. The van der Waals surface area contributed by atoms with Crippen molar-refractivity contribution >= 4 is 32.4 Å². The van der Waals surface area contributed by atoms with Crippen molar-refractivity contribution in [3.8, 4) is 6.07 Å². The van der Waals surface area contributed by atoms with E-state index in [9.17, 15) is 0 Å². The third-order valence-corrected chi connectivity index (χ3v) is 3.51. The Hall–Kier alpha value is -1.38. The molecule has 0 aliphatic heterocycles. The fourth-order valence-electron chi connectivity index (χ4n) is 1.21. The standard InChI is InChI=1S/C11H8BrN3S/c12-10-7-16-11(15-10)14-6-9-3-1-8(5-13)2-4-9/h1-4,7H,6H2,(H,14,15). The summed E-state index contributed by atoms with van der Waals surface area (Å²) >= 11 is 4.86. The van der Waals surface area contributed by atoms with E-state index in [1.807, 2.05) is 29.6 Å². The molecular formula is C11H8BrN3S. The van der Waals surface area contributed by atoms with E-state index in [2.05, 4.69) is 32.3 Å². The first-order valence-electron chi connectivity index (χ1n) is 4.62. The second-order valence-electron chi connectivity index (χ2n) is 3.14. The van der Waals surface area contributed by atoms with Crippen LogP contribution in [0.4, 0.5) is 5.13 Å². The van der Waals surface area contributed by atoms with Gasteiger partial charge in [0.1, 0.15) is 4.60 Å². The van der Waals surface area contributed by atoms with Gasteiger partial charge in [0.2, 0.25) is 0 Å². The molecule has 0 spiro atoms. The average molecular weight is 294 g/mol. The van der Waals surface area contributed by atoms with E-state index < -0.39 is 0 Å². The quantitative estimate of drug-likeness (QED) is 0.944. The average Bonchev–Trinajstić information content (AvgIpc) is 2.73. The summed E-state index contributed by atoms with van der Waals surface area (Å²) < 4.78 is 0.847. The molecule has 80 valence electrons. The van der Waals surface area contributed by atoms with Gasteiger partial charge in [-0.1, -0.05) is 12.1 Å². The summed E-state index contributed by atoms with van der Waals surface area (Å²) in [7, 11) is 0. The van der Waals surface area contributed by atoms with Gasteiger partial charge in [-0.2, -0.15) is 5.26 Å². The highest BCUT2D eigenvalue weighted by Gasteiger charge is 1.99. The maximum absolute atomic E-state index is 8.66. The Labute approximate surface area is 106 Å². The first kappa shape index (κ1) is 11.1. The summed E-state index contributed by atoms with van der Waals surface area (Å²) in [5, 5.41) is 14.7. The van der Waals surface area contributed by atoms with Gasteiger partial charge in [0.15, 0.2) is 5.13 Å². The lowest BCUT2D eigenvalue weighted by atomic mass is 10.1. The number of nitriles is 1. The largest absolute Gasteiger partial charge is 0.357 e. The van der Waals surface area contributed by atoms with Crippen molar-refractivity contribution in [2.75, 3.05) is 5.32 Å². The molecular weight excluding hydrogens is 286 g/mol. The molecule has 2 rings (SSSR count). The van der Waals surface area contributed by atoms with Gasteiger partial charge in [-0.05, 0) is 33.6 Å². The molecule has 1 heterocycles. The van der Waals surface area contributed by atoms with Crippen molar-refractivity contribution in [1.29, 1.82) is 5.26 Å². The fourth-order valence-corrected chi connectivity index (χ4v) is 2.35. The minimum Gasteiger partial charge on any atom is -0.357 e. The predicted octanol–water partition coefficient (Wildman–Crippen LogP) is 3.39. The molecule has 16 heavy (non-hydrogen) atoms. The minimum atomic E-state index is 0.681. The van der Waals surface area contributed by atoms with Crippen molar-refractivity contribution in [3.63, 3.8) is 0 Å². The number of thiazole rings is 1. The third kappa shape index (κ3) is 2.81. The second-order valence-corrected chi connectivity index (χ2v) is 4.81. The van der Waals surface area contributed by atoms with Crippen LogP contribution in [0.5, 0.6) is 0 Å². The zero-order valence-corrected chi connectivity index (χ0v) is 10.7. The molecule has 1 aromatic heterocycles. The fraction of sp³-hybridized carbons (Fsp3) is 0.0909. The summed E-state index contributed by atoms with van der Waals surface area (Å²) in [5.74, 6) is 0. The molecule has 0 radical (unpaired) electrons. The zero-order chi connectivity index (χ0) is 11.4. The number of rotatable bonds is 3. The molecule has 0 saturated carbocycles. The zero-order valence-electron chi connectivity index (χ0n) is 8.27. The normalized spacial score (nSPS) is 9.75. The molecule has 5 heteroatoms. The molecule has 3 nitrogen and oxygen atoms in total. The number of nitrogens with one attached hydrogen (secondary N) is 1. The summed E-state index contributed by atoms with van der Waals surface area (Å²) in [5.41, 5.74) is 1.81. The van der Waals surface area contributed by atoms with E-state index in [-0.39, 0.29) is 0 Å². The highest BCUT2D eigenvalue weighted by molar-refractivity contribution is 9.10. The van der Waals surface area contributed by atoms with Crippen LogP contribution in [-0.4, -0.2) is 4.98 Å². The lowest BCUT2D eigenvalue weighted by Gasteiger charge is -2.02. The number of nitrogens with zero attached hydrogens (tertiary/aromatic N) is 2. The van der Waals surface area contributed by atoms with Gasteiger partial charge in [-0.3, -0.25) is 0 Å². The summed E-state index contributed by atoms with van der Waals surface area (Å²) in [6.45, 7) is 0.714. The number of halogens is 1. The van der Waals surface area contributed by atoms with E-state index in [1.54, 1.807) is 11.3 Å². The van der Waals surface area contributed by atoms with Crippen molar-refractivity contribution < 1.29 is 0 Å².